The van der Waals surface area contributed by atoms with Crippen molar-refractivity contribution in [3.05, 3.63) is 0 Å². The first-order chi connectivity index (χ1) is 17.5. The van der Waals surface area contributed by atoms with E-state index in [1.165, 1.54) is 43.4 Å². The summed E-state index contributed by atoms with van der Waals surface area (Å²) in [6, 6.07) is -1.48. The molecule has 1 rings (SSSR count). The molecule has 1 aliphatic rings. The van der Waals surface area contributed by atoms with E-state index in [1.807, 2.05) is 0 Å². The monoisotopic (exact) mass is 525 g/mol. The molecule has 0 aromatic rings. The van der Waals surface area contributed by atoms with Crippen LogP contribution in [-0.2, 0) is 19.1 Å². The van der Waals surface area contributed by atoms with Crippen LogP contribution in [0.5, 0.6) is 0 Å². The van der Waals surface area contributed by atoms with Crippen molar-refractivity contribution >= 4 is 23.9 Å². The van der Waals surface area contributed by atoms with Gasteiger partial charge in [-0.3, -0.25) is 9.79 Å². The van der Waals surface area contributed by atoms with Crippen molar-refractivity contribution in [2.75, 3.05) is 19.7 Å². The van der Waals surface area contributed by atoms with E-state index in [1.54, 1.807) is 20.8 Å². The Balaban J connectivity index is 2.57. The number of nitrogens with zero attached hydrogens (tertiary/aromatic N) is 2. The molecule has 0 spiro atoms. The number of rotatable bonds is 17. The molecule has 0 aliphatic carbocycles. The maximum absolute atomic E-state index is 13.4. The van der Waals surface area contributed by atoms with Crippen molar-refractivity contribution in [1.29, 1.82) is 0 Å². The summed E-state index contributed by atoms with van der Waals surface area (Å²) in [6.45, 7) is 8.61. The van der Waals surface area contributed by atoms with E-state index in [0.717, 1.165) is 19.3 Å². The number of nitrogens with two attached hydrogens (primary N) is 2. The molecule has 1 fully saturated rings. The highest BCUT2D eigenvalue weighted by Crippen LogP contribution is 2.21. The number of carbonyl (C=O) groups is 3. The van der Waals surface area contributed by atoms with Gasteiger partial charge >= 0.3 is 12.1 Å². The largest absolute Gasteiger partial charge is 0.464 e. The molecule has 2 amide bonds. The number of unbranched alkanes of at least 4 members (excludes halogenated alkanes) is 8. The molecular weight excluding hydrogens is 474 g/mol. The summed E-state index contributed by atoms with van der Waals surface area (Å²) < 4.78 is 10.9. The van der Waals surface area contributed by atoms with Crippen molar-refractivity contribution in [3.8, 4) is 0 Å². The fraction of sp³-hybridized carbons (Fsp3) is 0.852. The molecule has 10 nitrogen and oxygen atoms in total. The molecular formula is C27H51N5O5. The Hall–Kier alpha value is -2.52. The number of guanidine groups is 1. The number of likely N-dealkylation sites (tertiary alicyclic amines) is 1. The number of aliphatic imine (C=N–C) groups is 1. The molecule has 0 bridgehead atoms. The minimum Gasteiger partial charge on any atom is -0.464 e. The zero-order valence-electron chi connectivity index (χ0n) is 23.6. The minimum absolute atomic E-state index is 0.0303. The van der Waals surface area contributed by atoms with E-state index in [0.29, 0.717) is 45.4 Å². The first-order valence-electron chi connectivity index (χ1n) is 14.1. The number of alkyl carbamates (subject to hydrolysis) is 1. The van der Waals surface area contributed by atoms with E-state index < -0.39 is 23.8 Å². The molecule has 0 saturated carbocycles. The maximum Gasteiger partial charge on any atom is 0.408 e. The third-order valence-electron chi connectivity index (χ3n) is 6.23. The van der Waals surface area contributed by atoms with Gasteiger partial charge in [0, 0.05) is 13.1 Å². The summed E-state index contributed by atoms with van der Waals surface area (Å²) in [7, 11) is 0. The molecule has 1 saturated heterocycles. The summed E-state index contributed by atoms with van der Waals surface area (Å²) >= 11 is 0. The summed E-state index contributed by atoms with van der Waals surface area (Å²) in [6.07, 6.45) is 12.0. The molecule has 37 heavy (non-hydrogen) atoms. The van der Waals surface area contributed by atoms with E-state index in [2.05, 4.69) is 17.2 Å². The zero-order valence-corrected chi connectivity index (χ0v) is 23.6. The Labute approximate surface area is 223 Å². The quantitative estimate of drug-likeness (QED) is 0.112. The first-order valence-corrected chi connectivity index (χ1v) is 14.1. The van der Waals surface area contributed by atoms with Crippen LogP contribution in [0.1, 0.15) is 111 Å². The summed E-state index contributed by atoms with van der Waals surface area (Å²) in [5.41, 5.74) is 10.1. The standard InChI is InChI=1S/C27H51N5O5/c1-5-6-7-8-9-10-11-12-13-20-36-24(34)22-17-15-19-32(22)23(33)21(16-14-18-30-25(28)29)31-26(35)37-27(2,3)4/h21-22H,5-20H2,1-4H3,(H,31,35)(H4,28,29,30)/t21-,22-/m0/s1. The van der Waals surface area contributed by atoms with Gasteiger partial charge in [-0.25, -0.2) is 9.59 Å². The Bertz CT molecular complexity index is 718. The van der Waals surface area contributed by atoms with E-state index in [4.69, 9.17) is 20.9 Å². The highest BCUT2D eigenvalue weighted by molar-refractivity contribution is 5.90. The van der Waals surface area contributed by atoms with Gasteiger partial charge in [0.25, 0.3) is 0 Å². The van der Waals surface area contributed by atoms with Crippen LogP contribution in [0.25, 0.3) is 0 Å². The molecule has 0 unspecified atom stereocenters. The summed E-state index contributed by atoms with van der Waals surface area (Å²) in [5, 5.41) is 2.67. The number of carbonyl (C=O) groups excluding carboxylic acids is 3. The van der Waals surface area contributed by atoms with Gasteiger partial charge in [-0.1, -0.05) is 58.3 Å². The average Bonchev–Trinajstić information content (AvgIpc) is 3.30. The van der Waals surface area contributed by atoms with Crippen molar-refractivity contribution in [3.63, 3.8) is 0 Å². The fourth-order valence-electron chi connectivity index (χ4n) is 4.37. The Morgan fingerprint density at radius 1 is 1.00 bits per heavy atom. The Morgan fingerprint density at radius 2 is 1.62 bits per heavy atom. The van der Waals surface area contributed by atoms with Crippen LogP contribution in [0.4, 0.5) is 4.79 Å². The molecule has 0 aromatic carbocycles. The number of esters is 1. The smallest absolute Gasteiger partial charge is 0.408 e. The summed E-state index contributed by atoms with van der Waals surface area (Å²) in [5.74, 6) is -0.725. The highest BCUT2D eigenvalue weighted by atomic mass is 16.6. The van der Waals surface area contributed by atoms with Gasteiger partial charge < -0.3 is 31.2 Å². The van der Waals surface area contributed by atoms with E-state index in [9.17, 15) is 14.4 Å². The number of nitrogens with one attached hydrogen (secondary N) is 1. The van der Waals surface area contributed by atoms with Crippen molar-refractivity contribution in [1.82, 2.24) is 10.2 Å². The van der Waals surface area contributed by atoms with Crippen molar-refractivity contribution in [2.45, 2.75) is 129 Å². The number of hydrogen-bond donors (Lipinski definition) is 3. The van der Waals surface area contributed by atoms with Gasteiger partial charge in [0.05, 0.1) is 6.61 Å². The van der Waals surface area contributed by atoms with Gasteiger partial charge in [0.1, 0.15) is 17.7 Å². The van der Waals surface area contributed by atoms with Crippen LogP contribution in [0, 0.1) is 0 Å². The molecule has 214 valence electrons. The Morgan fingerprint density at radius 3 is 2.22 bits per heavy atom. The zero-order chi connectivity index (χ0) is 27.7. The number of amides is 2. The number of hydrogen-bond acceptors (Lipinski definition) is 6. The predicted molar refractivity (Wildman–Crippen MR) is 146 cm³/mol. The summed E-state index contributed by atoms with van der Waals surface area (Å²) in [4.78, 5) is 44.1. The molecule has 0 radical (unpaired) electrons. The van der Waals surface area contributed by atoms with Gasteiger partial charge in [-0.05, 0) is 52.9 Å². The van der Waals surface area contributed by atoms with E-state index >= 15 is 0 Å². The van der Waals surface area contributed by atoms with Crippen LogP contribution < -0.4 is 16.8 Å². The average molecular weight is 526 g/mol. The SMILES string of the molecule is CCCCCCCCCCCOC(=O)[C@@H]1CCCN1C(=O)[C@H](CCCN=C(N)N)NC(=O)OC(C)(C)C. The molecule has 0 aromatic heterocycles. The van der Waals surface area contributed by atoms with Gasteiger partial charge in [0.15, 0.2) is 5.96 Å². The highest BCUT2D eigenvalue weighted by Gasteiger charge is 2.38. The molecule has 1 aliphatic heterocycles. The molecule has 10 heteroatoms. The second-order valence-corrected chi connectivity index (χ2v) is 10.8. The molecule has 5 N–H and O–H groups in total. The van der Waals surface area contributed by atoms with Crippen LogP contribution in [-0.4, -0.2) is 66.2 Å². The second-order valence-electron chi connectivity index (χ2n) is 10.8. The fourth-order valence-corrected chi connectivity index (χ4v) is 4.37. The van der Waals surface area contributed by atoms with Crippen LogP contribution in [0.3, 0.4) is 0 Å². The third-order valence-corrected chi connectivity index (χ3v) is 6.23. The molecule has 2 atom stereocenters. The first kappa shape index (κ1) is 32.5. The topological polar surface area (TPSA) is 149 Å². The predicted octanol–water partition coefficient (Wildman–Crippen LogP) is 4.00. The lowest BCUT2D eigenvalue weighted by atomic mass is 10.1. The maximum atomic E-state index is 13.4. The molecule has 1 heterocycles. The Kier molecular flexibility index (Phi) is 15.7. The van der Waals surface area contributed by atoms with Crippen molar-refractivity contribution in [2.24, 2.45) is 16.5 Å². The van der Waals surface area contributed by atoms with Gasteiger partial charge in [-0.15, -0.1) is 0 Å². The second kappa shape index (κ2) is 17.9. The van der Waals surface area contributed by atoms with Crippen LogP contribution in [0.15, 0.2) is 4.99 Å². The lowest BCUT2D eigenvalue weighted by Crippen LogP contribution is -2.52. The van der Waals surface area contributed by atoms with Gasteiger partial charge in [-0.2, -0.15) is 0 Å². The lowest BCUT2D eigenvalue weighted by Gasteiger charge is -2.29. The normalized spacial score (nSPS) is 16.2. The van der Waals surface area contributed by atoms with Crippen LogP contribution >= 0.6 is 0 Å². The minimum atomic E-state index is -0.852. The number of ether oxygens (including phenoxy) is 2. The van der Waals surface area contributed by atoms with Crippen molar-refractivity contribution < 1.29 is 23.9 Å². The van der Waals surface area contributed by atoms with Crippen LogP contribution in [0.2, 0.25) is 0 Å². The third kappa shape index (κ3) is 14.7. The van der Waals surface area contributed by atoms with E-state index in [-0.39, 0.29) is 17.8 Å². The van der Waals surface area contributed by atoms with Gasteiger partial charge in [0.2, 0.25) is 5.91 Å². The lowest BCUT2D eigenvalue weighted by molar-refractivity contribution is -0.154.